The first-order chi connectivity index (χ1) is 5.33. The van der Waals surface area contributed by atoms with E-state index in [1.54, 1.807) is 0 Å². The molecule has 2 heteroatoms. The van der Waals surface area contributed by atoms with Crippen molar-refractivity contribution in [3.63, 3.8) is 0 Å². The largest absolute Gasteiger partial charge is 0.374 e. The Balaban J connectivity index is 2.65. The molecular weight excluding hydrogens is 202 g/mol. The molecule has 1 aromatic rings. The fraction of sp³-hybridized carbons (Fsp3) is 0.111. The number of terminal acetylenes is 1. The van der Waals surface area contributed by atoms with Crippen molar-refractivity contribution in [1.82, 2.24) is 0 Å². The number of rotatable bonds is 2. The fourth-order valence-electron chi connectivity index (χ4n) is 0.752. The van der Waals surface area contributed by atoms with Gasteiger partial charge in [-0.1, -0.05) is 27.9 Å². The third-order valence-electron chi connectivity index (χ3n) is 1.22. The van der Waals surface area contributed by atoms with Crippen LogP contribution in [-0.4, -0.2) is 6.54 Å². The highest BCUT2D eigenvalue weighted by Gasteiger charge is 1.89. The maximum atomic E-state index is 5.09. The lowest BCUT2D eigenvalue weighted by Gasteiger charge is -2.01. The van der Waals surface area contributed by atoms with Crippen LogP contribution in [0.2, 0.25) is 0 Å². The molecule has 1 aromatic carbocycles. The molecule has 0 aliphatic carbocycles. The molecule has 1 N–H and O–H groups in total. The Bertz CT molecular complexity index is 275. The number of halogens is 1. The van der Waals surface area contributed by atoms with Crippen molar-refractivity contribution in [2.24, 2.45) is 0 Å². The van der Waals surface area contributed by atoms with Crippen molar-refractivity contribution in [2.75, 3.05) is 11.9 Å². The van der Waals surface area contributed by atoms with Crippen LogP contribution < -0.4 is 5.32 Å². The standard InChI is InChI=1S/C9H8BrN/c1-2-6-11-9-5-3-4-8(10)7-9/h1,3-5,7,11H,6H2. The van der Waals surface area contributed by atoms with Crippen LogP contribution in [0.4, 0.5) is 5.69 Å². The predicted molar refractivity (Wildman–Crippen MR) is 51.5 cm³/mol. The van der Waals surface area contributed by atoms with Crippen LogP contribution in [0.5, 0.6) is 0 Å². The molecule has 0 saturated heterocycles. The van der Waals surface area contributed by atoms with Crippen LogP contribution in [0.25, 0.3) is 0 Å². The van der Waals surface area contributed by atoms with Crippen molar-refractivity contribution in [2.45, 2.75) is 0 Å². The lowest BCUT2D eigenvalue weighted by molar-refractivity contribution is 1.38. The third-order valence-corrected chi connectivity index (χ3v) is 1.71. The van der Waals surface area contributed by atoms with Crippen LogP contribution in [0.15, 0.2) is 28.7 Å². The van der Waals surface area contributed by atoms with Crippen LogP contribution in [-0.2, 0) is 0 Å². The first-order valence-electron chi connectivity index (χ1n) is 3.26. The van der Waals surface area contributed by atoms with Crippen molar-refractivity contribution in [3.05, 3.63) is 28.7 Å². The van der Waals surface area contributed by atoms with E-state index in [9.17, 15) is 0 Å². The van der Waals surface area contributed by atoms with Crippen molar-refractivity contribution < 1.29 is 0 Å². The second kappa shape index (κ2) is 4.05. The third kappa shape index (κ3) is 2.65. The van der Waals surface area contributed by atoms with Gasteiger partial charge in [0.1, 0.15) is 0 Å². The van der Waals surface area contributed by atoms with Gasteiger partial charge in [-0.2, -0.15) is 0 Å². The molecule has 0 aliphatic heterocycles. The molecule has 0 bridgehead atoms. The summed E-state index contributed by atoms with van der Waals surface area (Å²) >= 11 is 3.36. The Morgan fingerprint density at radius 1 is 1.55 bits per heavy atom. The topological polar surface area (TPSA) is 12.0 Å². The Morgan fingerprint density at radius 2 is 2.36 bits per heavy atom. The zero-order valence-corrected chi connectivity index (χ0v) is 7.56. The summed E-state index contributed by atoms with van der Waals surface area (Å²) in [6.45, 7) is 0.566. The molecule has 0 aromatic heterocycles. The van der Waals surface area contributed by atoms with E-state index < -0.39 is 0 Å². The van der Waals surface area contributed by atoms with Crippen molar-refractivity contribution >= 4 is 21.6 Å². The van der Waals surface area contributed by atoms with Gasteiger partial charge in [0, 0.05) is 10.2 Å². The van der Waals surface area contributed by atoms with E-state index in [1.165, 1.54) is 0 Å². The van der Waals surface area contributed by atoms with Crippen molar-refractivity contribution in [1.29, 1.82) is 0 Å². The first kappa shape index (κ1) is 8.16. The van der Waals surface area contributed by atoms with E-state index in [2.05, 4.69) is 27.2 Å². The molecule has 0 fully saturated rings. The average Bonchev–Trinajstić information content (AvgIpc) is 2.01. The highest BCUT2D eigenvalue weighted by molar-refractivity contribution is 9.10. The molecule has 0 heterocycles. The Kier molecular flexibility index (Phi) is 3.00. The maximum absolute atomic E-state index is 5.09. The molecule has 0 amide bonds. The van der Waals surface area contributed by atoms with Gasteiger partial charge in [0.25, 0.3) is 0 Å². The lowest BCUT2D eigenvalue weighted by Crippen LogP contribution is -1.97. The highest BCUT2D eigenvalue weighted by Crippen LogP contribution is 2.14. The van der Waals surface area contributed by atoms with Gasteiger partial charge in [-0.25, -0.2) is 0 Å². The number of benzene rings is 1. The van der Waals surface area contributed by atoms with Crippen LogP contribution in [0, 0.1) is 12.3 Å². The summed E-state index contributed by atoms with van der Waals surface area (Å²) in [5, 5.41) is 3.07. The minimum absolute atomic E-state index is 0.566. The minimum Gasteiger partial charge on any atom is -0.374 e. The van der Waals surface area contributed by atoms with Gasteiger partial charge in [0.2, 0.25) is 0 Å². The van der Waals surface area contributed by atoms with Gasteiger partial charge < -0.3 is 5.32 Å². The first-order valence-corrected chi connectivity index (χ1v) is 4.05. The molecule has 0 saturated carbocycles. The average molecular weight is 210 g/mol. The van der Waals surface area contributed by atoms with Gasteiger partial charge in [-0.3, -0.25) is 0 Å². The van der Waals surface area contributed by atoms with E-state index in [-0.39, 0.29) is 0 Å². The summed E-state index contributed by atoms with van der Waals surface area (Å²) in [5.74, 6) is 2.51. The molecule has 11 heavy (non-hydrogen) atoms. The molecule has 1 nitrogen and oxygen atoms in total. The summed E-state index contributed by atoms with van der Waals surface area (Å²) in [6.07, 6.45) is 5.09. The fourth-order valence-corrected chi connectivity index (χ4v) is 1.15. The van der Waals surface area contributed by atoms with Crippen molar-refractivity contribution in [3.8, 4) is 12.3 Å². The summed E-state index contributed by atoms with van der Waals surface area (Å²) in [5.41, 5.74) is 1.04. The number of anilines is 1. The monoisotopic (exact) mass is 209 g/mol. The Labute approximate surface area is 74.9 Å². The number of hydrogen-bond acceptors (Lipinski definition) is 1. The zero-order valence-electron chi connectivity index (χ0n) is 5.97. The van der Waals surface area contributed by atoms with E-state index in [0.29, 0.717) is 6.54 Å². The number of nitrogens with one attached hydrogen (secondary N) is 1. The smallest absolute Gasteiger partial charge is 0.0763 e. The summed E-state index contributed by atoms with van der Waals surface area (Å²) in [6, 6.07) is 7.89. The second-order valence-corrected chi connectivity index (χ2v) is 2.98. The van der Waals surface area contributed by atoms with Gasteiger partial charge in [0.05, 0.1) is 6.54 Å². The Hall–Kier alpha value is -0.940. The molecule has 0 aliphatic rings. The Morgan fingerprint density at radius 3 is 3.00 bits per heavy atom. The summed E-state index contributed by atoms with van der Waals surface area (Å²) < 4.78 is 1.06. The second-order valence-electron chi connectivity index (χ2n) is 2.07. The summed E-state index contributed by atoms with van der Waals surface area (Å²) in [7, 11) is 0. The molecule has 0 spiro atoms. The molecule has 0 unspecified atom stereocenters. The maximum Gasteiger partial charge on any atom is 0.0763 e. The molecule has 1 rings (SSSR count). The SMILES string of the molecule is C#CCNc1cccc(Br)c1. The van der Waals surface area contributed by atoms with E-state index >= 15 is 0 Å². The molecular formula is C9H8BrN. The zero-order chi connectivity index (χ0) is 8.10. The van der Waals surface area contributed by atoms with E-state index in [4.69, 9.17) is 6.42 Å². The normalized spacial score (nSPS) is 8.73. The summed E-state index contributed by atoms with van der Waals surface area (Å²) in [4.78, 5) is 0. The van der Waals surface area contributed by atoms with E-state index in [1.807, 2.05) is 24.3 Å². The minimum atomic E-state index is 0.566. The van der Waals surface area contributed by atoms with Crippen LogP contribution in [0.3, 0.4) is 0 Å². The molecule has 56 valence electrons. The van der Waals surface area contributed by atoms with Crippen LogP contribution >= 0.6 is 15.9 Å². The van der Waals surface area contributed by atoms with Gasteiger partial charge in [-0.15, -0.1) is 6.42 Å². The van der Waals surface area contributed by atoms with E-state index in [0.717, 1.165) is 10.2 Å². The molecule has 0 atom stereocenters. The van der Waals surface area contributed by atoms with Gasteiger partial charge in [-0.05, 0) is 18.2 Å². The van der Waals surface area contributed by atoms with Crippen LogP contribution in [0.1, 0.15) is 0 Å². The van der Waals surface area contributed by atoms with Gasteiger partial charge in [0.15, 0.2) is 0 Å². The number of hydrogen-bond donors (Lipinski definition) is 1. The highest BCUT2D eigenvalue weighted by atomic mass is 79.9. The van der Waals surface area contributed by atoms with Gasteiger partial charge >= 0.3 is 0 Å². The lowest BCUT2D eigenvalue weighted by atomic mass is 10.3. The predicted octanol–water partition coefficient (Wildman–Crippen LogP) is 2.49. The molecule has 0 radical (unpaired) electrons. The quantitative estimate of drug-likeness (QED) is 0.739.